The fraction of sp³-hybridized carbons (Fsp3) is 0.692. The molecule has 0 aromatic heterocycles. The Morgan fingerprint density at radius 2 is 1.48 bits per heavy atom. The average molecular weight is 977 g/mol. The molecule has 0 bridgehead atoms. The van der Waals surface area contributed by atoms with Gasteiger partial charge in [-0.2, -0.15) is 4.31 Å². The Morgan fingerprint density at radius 3 is 2.20 bits per heavy atom. The topological polar surface area (TPSA) is 225 Å². The Labute approximate surface area is 408 Å². The molecule has 3 fully saturated rings. The summed E-state index contributed by atoms with van der Waals surface area (Å²) in [5.41, 5.74) is 1.02. The van der Waals surface area contributed by atoms with Gasteiger partial charge >= 0.3 is 0 Å². The summed E-state index contributed by atoms with van der Waals surface area (Å²) in [6.45, 7) is 12.5. The normalized spacial score (nSPS) is 25.8. The highest BCUT2D eigenvalue weighted by Gasteiger charge is 2.59. The standard InChI is InChI=1S/C52H76N6O10S/c1-36(2)14-12-15-37(3)43-24-25-44-42-23-21-39-34-40(26-29-51(39,4)45(42)27-30-52(43,44)5)55(69(67,68)48-18-11-10-17-46(48)57(63)64)33-13-31-53-50(60)28-32-54-49(59)19-9-7-6-8-16-38-20-22-41(56(61)62)35-47(38)58(65)66/h10-11,17-18,20-22,35-37,40,42-45H,6-9,12-16,19,23-34H2,1-5H3,(H,53,60)(H,54,59)/t37?,40-,42?,43+,44?,45?,51-,52+/m0/s1. The zero-order valence-electron chi connectivity index (χ0n) is 41.5. The van der Waals surface area contributed by atoms with Gasteiger partial charge < -0.3 is 10.6 Å². The first kappa shape index (κ1) is 53.6. The van der Waals surface area contributed by atoms with E-state index in [-0.39, 0.29) is 72.0 Å². The molecule has 0 saturated heterocycles. The largest absolute Gasteiger partial charge is 0.356 e. The highest BCUT2D eigenvalue weighted by Crippen LogP contribution is 2.67. The van der Waals surface area contributed by atoms with E-state index in [1.807, 2.05) is 0 Å². The zero-order valence-corrected chi connectivity index (χ0v) is 42.3. The fourth-order valence-electron chi connectivity index (χ4n) is 13.3. The average Bonchev–Trinajstić information content (AvgIpc) is 3.67. The smallest absolute Gasteiger partial charge is 0.289 e. The first-order chi connectivity index (χ1) is 32.8. The van der Waals surface area contributed by atoms with Crippen LogP contribution in [-0.2, 0) is 26.0 Å². The van der Waals surface area contributed by atoms with Crippen molar-refractivity contribution in [1.82, 2.24) is 14.9 Å². The molecule has 4 unspecified atom stereocenters. The Kier molecular flexibility index (Phi) is 18.2. The number of hydrogen-bond acceptors (Lipinski definition) is 10. The van der Waals surface area contributed by atoms with Crippen LogP contribution in [0.25, 0.3) is 0 Å². The molecule has 4 aliphatic carbocycles. The fourth-order valence-corrected chi connectivity index (χ4v) is 15.2. The summed E-state index contributed by atoms with van der Waals surface area (Å²) in [5, 5.41) is 40.1. The maximum Gasteiger partial charge on any atom is 0.289 e. The third kappa shape index (κ3) is 12.6. The second kappa shape index (κ2) is 23.4. The predicted molar refractivity (Wildman–Crippen MR) is 266 cm³/mol. The molecule has 69 heavy (non-hydrogen) atoms. The molecule has 2 aromatic carbocycles. The van der Waals surface area contributed by atoms with Gasteiger partial charge in [-0.1, -0.05) is 90.5 Å². The molecule has 8 atom stereocenters. The quantitative estimate of drug-likeness (QED) is 0.0414. The van der Waals surface area contributed by atoms with Gasteiger partial charge in [-0.25, -0.2) is 8.42 Å². The van der Waals surface area contributed by atoms with E-state index in [4.69, 9.17) is 0 Å². The molecule has 4 aliphatic rings. The van der Waals surface area contributed by atoms with Gasteiger partial charge in [0.15, 0.2) is 4.90 Å². The number of carbonyl (C=O) groups excluding carboxylic acids is 2. The lowest BCUT2D eigenvalue weighted by molar-refractivity contribution is -0.394. The number of fused-ring (bicyclic) bond motifs is 5. The van der Waals surface area contributed by atoms with Gasteiger partial charge in [0.05, 0.1) is 20.8 Å². The van der Waals surface area contributed by atoms with Crippen LogP contribution in [0.3, 0.4) is 0 Å². The Bertz CT molecular complexity index is 2320. The summed E-state index contributed by atoms with van der Waals surface area (Å²) in [7, 11) is -4.30. The van der Waals surface area contributed by atoms with Gasteiger partial charge in [0.25, 0.3) is 17.1 Å². The van der Waals surface area contributed by atoms with E-state index in [1.165, 1.54) is 91.2 Å². The number of amides is 2. The number of benzene rings is 2. The summed E-state index contributed by atoms with van der Waals surface area (Å²) in [4.78, 5) is 57.6. The number of aryl methyl sites for hydroxylation is 1. The molecule has 380 valence electrons. The molecule has 6 rings (SSSR count). The van der Waals surface area contributed by atoms with Crippen LogP contribution >= 0.6 is 0 Å². The highest BCUT2D eigenvalue weighted by molar-refractivity contribution is 7.89. The molecule has 2 aromatic rings. The number of sulfonamides is 1. The number of nitrogens with one attached hydrogen (secondary N) is 2. The van der Waals surface area contributed by atoms with Gasteiger partial charge in [0, 0.05) is 56.2 Å². The minimum Gasteiger partial charge on any atom is -0.356 e. The van der Waals surface area contributed by atoms with E-state index >= 15 is 0 Å². The van der Waals surface area contributed by atoms with Gasteiger partial charge in [-0.3, -0.25) is 39.9 Å². The SMILES string of the molecule is CC(C)CCCC(C)[C@H]1CCC2C3CC=C4C[C@@H](N(CCCNC(=O)CCNC(=O)CCCCCCc5ccc([N+](=O)[O-])cc5[N+](=O)[O-])S(=O)(=O)c5ccccc5[N+](=O)[O-])CC[C@]4(C)C3CC[C@@]21C. The Balaban J connectivity index is 0.995. The molecule has 2 N–H and O–H groups in total. The number of rotatable bonds is 25. The summed E-state index contributed by atoms with van der Waals surface area (Å²) in [5.74, 6) is 3.61. The maximum absolute atomic E-state index is 14.6. The number of nitro benzene ring substituents is 3. The summed E-state index contributed by atoms with van der Waals surface area (Å²) < 4.78 is 30.6. The van der Waals surface area contributed by atoms with Crippen LogP contribution in [-0.4, -0.2) is 65.0 Å². The molecular formula is C52H76N6O10S. The van der Waals surface area contributed by atoms with E-state index < -0.39 is 30.5 Å². The second-order valence-corrected chi connectivity index (χ2v) is 23.4. The lowest BCUT2D eigenvalue weighted by Crippen LogP contribution is -2.53. The van der Waals surface area contributed by atoms with Crippen LogP contribution in [0.2, 0.25) is 0 Å². The van der Waals surface area contributed by atoms with Gasteiger partial charge in [0.1, 0.15) is 0 Å². The summed E-state index contributed by atoms with van der Waals surface area (Å²) in [6, 6.07) is 8.78. The zero-order chi connectivity index (χ0) is 50.1. The van der Waals surface area contributed by atoms with E-state index in [9.17, 15) is 48.3 Å². The van der Waals surface area contributed by atoms with Crippen LogP contribution in [0.1, 0.15) is 156 Å². The first-order valence-corrected chi connectivity index (χ1v) is 27.1. The van der Waals surface area contributed by atoms with Crippen molar-refractivity contribution in [1.29, 1.82) is 0 Å². The van der Waals surface area contributed by atoms with Crippen LogP contribution in [0.5, 0.6) is 0 Å². The van der Waals surface area contributed by atoms with Crippen molar-refractivity contribution in [2.24, 2.45) is 46.3 Å². The van der Waals surface area contributed by atoms with Crippen molar-refractivity contribution < 1.29 is 32.8 Å². The number of nitrogens with zero attached hydrogens (tertiary/aromatic N) is 4. The maximum atomic E-state index is 14.6. The number of unbranched alkanes of at least 4 members (excludes halogenated alkanes) is 3. The highest BCUT2D eigenvalue weighted by atomic mass is 32.2. The molecule has 17 heteroatoms. The van der Waals surface area contributed by atoms with E-state index in [1.54, 1.807) is 0 Å². The number of carbonyl (C=O) groups is 2. The molecule has 2 amide bonds. The van der Waals surface area contributed by atoms with Crippen molar-refractivity contribution in [2.75, 3.05) is 19.6 Å². The van der Waals surface area contributed by atoms with Crippen molar-refractivity contribution in [3.05, 3.63) is 90.0 Å². The third-order valence-electron chi connectivity index (χ3n) is 17.0. The number of non-ortho nitro benzene ring substituents is 1. The monoisotopic (exact) mass is 977 g/mol. The van der Waals surface area contributed by atoms with Crippen LogP contribution in [0, 0.1) is 76.7 Å². The van der Waals surface area contributed by atoms with Crippen molar-refractivity contribution in [3.63, 3.8) is 0 Å². The van der Waals surface area contributed by atoms with Gasteiger partial charge in [-0.15, -0.1) is 0 Å². The molecule has 3 saturated carbocycles. The number of hydrogen-bond donors (Lipinski definition) is 2. The van der Waals surface area contributed by atoms with Gasteiger partial charge in [0.2, 0.25) is 21.8 Å². The molecule has 16 nitrogen and oxygen atoms in total. The second-order valence-electron chi connectivity index (χ2n) is 21.6. The first-order valence-electron chi connectivity index (χ1n) is 25.7. The lowest BCUT2D eigenvalue weighted by Gasteiger charge is -2.59. The lowest BCUT2D eigenvalue weighted by atomic mass is 9.47. The van der Waals surface area contributed by atoms with Crippen molar-refractivity contribution in [2.45, 2.75) is 168 Å². The summed E-state index contributed by atoms with van der Waals surface area (Å²) >= 11 is 0. The Hall–Kier alpha value is -4.77. The number of allylic oxidation sites excluding steroid dienone is 1. The van der Waals surface area contributed by atoms with Crippen LogP contribution in [0.4, 0.5) is 17.1 Å². The number of nitro groups is 3. The molecule has 0 radical (unpaired) electrons. The van der Waals surface area contributed by atoms with E-state index in [2.05, 4.69) is 51.3 Å². The minimum absolute atomic E-state index is 0.0227. The van der Waals surface area contributed by atoms with Gasteiger partial charge in [-0.05, 0) is 136 Å². The number of para-hydroxylation sites is 1. The Morgan fingerprint density at radius 1 is 0.768 bits per heavy atom. The van der Waals surface area contributed by atoms with Crippen molar-refractivity contribution >= 4 is 38.9 Å². The molecule has 0 heterocycles. The minimum atomic E-state index is -4.30. The van der Waals surface area contributed by atoms with Crippen molar-refractivity contribution in [3.8, 4) is 0 Å². The molecule has 0 spiro atoms. The molecule has 0 aliphatic heterocycles. The third-order valence-corrected chi connectivity index (χ3v) is 19.0. The summed E-state index contributed by atoms with van der Waals surface area (Å²) in [6.07, 6.45) is 18.1. The predicted octanol–water partition coefficient (Wildman–Crippen LogP) is 11.0. The van der Waals surface area contributed by atoms with Crippen LogP contribution in [0.15, 0.2) is 59.0 Å². The van der Waals surface area contributed by atoms with E-state index in [0.29, 0.717) is 80.1 Å². The van der Waals surface area contributed by atoms with E-state index in [0.717, 1.165) is 36.7 Å². The van der Waals surface area contributed by atoms with Crippen LogP contribution < -0.4 is 10.6 Å². The molecular weight excluding hydrogens is 901 g/mol.